The Hall–Kier alpha value is -1.83. The van der Waals surface area contributed by atoms with Gasteiger partial charge in [0.25, 0.3) is 5.56 Å². The van der Waals surface area contributed by atoms with E-state index in [2.05, 4.69) is 0 Å². The van der Waals surface area contributed by atoms with Crippen LogP contribution in [-0.2, 0) is 7.05 Å². The third-order valence-electron chi connectivity index (χ3n) is 2.90. The molecular weight excluding hydrogens is 194 g/mol. The minimum atomic E-state index is -0.516. The smallest absolute Gasteiger partial charge is 0.296 e. The summed E-state index contributed by atoms with van der Waals surface area (Å²) in [6.45, 7) is 0. The largest absolute Gasteiger partial charge is 0.331 e. The maximum absolute atomic E-state index is 11.7. The summed E-state index contributed by atoms with van der Waals surface area (Å²) in [7, 11) is 1.40. The average molecular weight is 205 g/mol. The summed E-state index contributed by atoms with van der Waals surface area (Å²) in [5.41, 5.74) is -0.814. The zero-order chi connectivity index (χ0) is 11.0. The van der Waals surface area contributed by atoms with Crippen LogP contribution in [0.15, 0.2) is 15.8 Å². The molecule has 1 aliphatic carbocycles. The van der Waals surface area contributed by atoms with E-state index in [-0.39, 0.29) is 17.3 Å². The van der Waals surface area contributed by atoms with Crippen LogP contribution in [0.3, 0.4) is 0 Å². The molecule has 0 N–H and O–H groups in total. The predicted molar refractivity (Wildman–Crippen MR) is 53.5 cm³/mol. The van der Waals surface area contributed by atoms with Gasteiger partial charge in [0.05, 0.1) is 0 Å². The van der Waals surface area contributed by atoms with E-state index in [1.807, 2.05) is 6.07 Å². The summed E-state index contributed by atoms with van der Waals surface area (Å²) in [5.74, 6) is 0. The summed E-state index contributed by atoms with van der Waals surface area (Å²) in [6.07, 6.45) is 4.38. The first-order valence-corrected chi connectivity index (χ1v) is 4.87. The number of hydrogen-bond donors (Lipinski definition) is 0. The highest BCUT2D eigenvalue weighted by Crippen LogP contribution is 2.29. The molecule has 1 saturated carbocycles. The standard InChI is InChI=1S/C10H11N3O2/c1-12-9(14)7(5-11)6-13(10(12)15)8-3-2-4-8/h6,8H,2-4H2,1H3. The van der Waals surface area contributed by atoms with Gasteiger partial charge in [0, 0.05) is 19.3 Å². The third-order valence-corrected chi connectivity index (χ3v) is 2.90. The molecule has 1 aromatic heterocycles. The molecule has 1 aromatic rings. The highest BCUT2D eigenvalue weighted by atomic mass is 16.2. The summed E-state index contributed by atoms with van der Waals surface area (Å²) >= 11 is 0. The van der Waals surface area contributed by atoms with E-state index in [1.54, 1.807) is 0 Å². The van der Waals surface area contributed by atoms with Crippen molar-refractivity contribution >= 4 is 0 Å². The lowest BCUT2D eigenvalue weighted by molar-refractivity contribution is 0.297. The van der Waals surface area contributed by atoms with Crippen LogP contribution in [0.1, 0.15) is 30.9 Å². The molecule has 1 fully saturated rings. The van der Waals surface area contributed by atoms with E-state index >= 15 is 0 Å². The number of nitriles is 1. The highest BCUT2D eigenvalue weighted by Gasteiger charge is 2.22. The first kappa shape index (κ1) is 9.71. The minimum absolute atomic E-state index is 0.0315. The zero-order valence-corrected chi connectivity index (χ0v) is 8.43. The van der Waals surface area contributed by atoms with Crippen molar-refractivity contribution in [2.24, 2.45) is 7.05 Å². The topological polar surface area (TPSA) is 67.8 Å². The molecule has 0 amide bonds. The van der Waals surface area contributed by atoms with E-state index in [9.17, 15) is 9.59 Å². The van der Waals surface area contributed by atoms with Crippen LogP contribution in [0.2, 0.25) is 0 Å². The molecule has 0 aromatic carbocycles. The van der Waals surface area contributed by atoms with Crippen LogP contribution in [0, 0.1) is 11.3 Å². The molecule has 15 heavy (non-hydrogen) atoms. The van der Waals surface area contributed by atoms with Crippen LogP contribution >= 0.6 is 0 Å². The lowest BCUT2D eigenvalue weighted by Gasteiger charge is -2.27. The molecule has 0 atom stereocenters. The van der Waals surface area contributed by atoms with Gasteiger partial charge in [-0.3, -0.25) is 13.9 Å². The Morgan fingerprint density at radius 2 is 2.13 bits per heavy atom. The van der Waals surface area contributed by atoms with E-state index < -0.39 is 5.56 Å². The first-order chi connectivity index (χ1) is 7.15. The van der Waals surface area contributed by atoms with Gasteiger partial charge in [-0.2, -0.15) is 5.26 Å². The minimum Gasteiger partial charge on any atom is -0.296 e. The van der Waals surface area contributed by atoms with E-state index in [4.69, 9.17) is 5.26 Å². The maximum atomic E-state index is 11.7. The molecule has 0 unspecified atom stereocenters. The van der Waals surface area contributed by atoms with Crippen LogP contribution in [0.5, 0.6) is 0 Å². The fourth-order valence-corrected chi connectivity index (χ4v) is 1.69. The van der Waals surface area contributed by atoms with Gasteiger partial charge in [0.2, 0.25) is 0 Å². The Balaban J connectivity index is 2.66. The fraction of sp³-hybridized carbons (Fsp3) is 0.500. The van der Waals surface area contributed by atoms with Crippen molar-refractivity contribution in [2.75, 3.05) is 0 Å². The van der Waals surface area contributed by atoms with Crippen molar-refractivity contribution < 1.29 is 0 Å². The molecule has 2 rings (SSSR count). The Morgan fingerprint density at radius 3 is 2.60 bits per heavy atom. The second kappa shape index (κ2) is 3.39. The van der Waals surface area contributed by atoms with Crippen molar-refractivity contribution in [2.45, 2.75) is 25.3 Å². The third kappa shape index (κ3) is 1.38. The predicted octanol–water partition coefficient (Wildman–Crippen LogP) is 0.144. The van der Waals surface area contributed by atoms with Crippen molar-refractivity contribution in [1.82, 2.24) is 9.13 Å². The molecule has 0 aliphatic heterocycles. The normalized spacial score (nSPS) is 15.7. The molecule has 0 bridgehead atoms. The lowest BCUT2D eigenvalue weighted by Crippen LogP contribution is -2.41. The second-order valence-corrected chi connectivity index (χ2v) is 3.79. The van der Waals surface area contributed by atoms with E-state index in [0.717, 1.165) is 23.8 Å². The average Bonchev–Trinajstić information content (AvgIpc) is 2.16. The first-order valence-electron chi connectivity index (χ1n) is 4.87. The zero-order valence-electron chi connectivity index (χ0n) is 8.43. The molecule has 0 saturated heterocycles. The number of aromatic nitrogens is 2. The second-order valence-electron chi connectivity index (χ2n) is 3.79. The summed E-state index contributed by atoms with van der Waals surface area (Å²) < 4.78 is 2.50. The van der Waals surface area contributed by atoms with Crippen LogP contribution in [0.25, 0.3) is 0 Å². The van der Waals surface area contributed by atoms with Gasteiger partial charge in [-0.25, -0.2) is 4.79 Å². The van der Waals surface area contributed by atoms with E-state index in [0.29, 0.717) is 0 Å². The fourth-order valence-electron chi connectivity index (χ4n) is 1.69. The molecule has 1 aliphatic rings. The number of nitrogens with zero attached hydrogens (tertiary/aromatic N) is 3. The van der Waals surface area contributed by atoms with Gasteiger partial charge in [0.15, 0.2) is 0 Å². The van der Waals surface area contributed by atoms with E-state index in [1.165, 1.54) is 17.8 Å². The molecule has 5 heteroatoms. The molecule has 78 valence electrons. The van der Waals surface area contributed by atoms with Crippen LogP contribution in [0.4, 0.5) is 0 Å². The van der Waals surface area contributed by atoms with Crippen LogP contribution < -0.4 is 11.2 Å². The summed E-state index contributed by atoms with van der Waals surface area (Å²) in [6, 6.07) is 1.98. The van der Waals surface area contributed by atoms with Crippen LogP contribution in [-0.4, -0.2) is 9.13 Å². The van der Waals surface area contributed by atoms with Crippen molar-refractivity contribution in [3.63, 3.8) is 0 Å². The SMILES string of the molecule is Cn1c(=O)c(C#N)cn(C2CCC2)c1=O. The van der Waals surface area contributed by atoms with Crippen molar-refractivity contribution in [3.05, 3.63) is 32.6 Å². The quantitative estimate of drug-likeness (QED) is 0.655. The van der Waals surface area contributed by atoms with Crippen molar-refractivity contribution in [1.29, 1.82) is 5.26 Å². The lowest BCUT2D eigenvalue weighted by atomic mass is 9.93. The van der Waals surface area contributed by atoms with Gasteiger partial charge >= 0.3 is 5.69 Å². The Kier molecular flexibility index (Phi) is 2.19. The van der Waals surface area contributed by atoms with Gasteiger partial charge in [-0.15, -0.1) is 0 Å². The number of rotatable bonds is 1. The van der Waals surface area contributed by atoms with Gasteiger partial charge < -0.3 is 0 Å². The monoisotopic (exact) mass is 205 g/mol. The molecule has 1 heterocycles. The Labute approximate surface area is 86.2 Å². The van der Waals surface area contributed by atoms with Gasteiger partial charge in [0.1, 0.15) is 11.6 Å². The summed E-state index contributed by atoms with van der Waals surface area (Å²) in [4.78, 5) is 23.1. The molecule has 0 spiro atoms. The number of hydrogen-bond acceptors (Lipinski definition) is 3. The molecule has 0 radical (unpaired) electrons. The van der Waals surface area contributed by atoms with Gasteiger partial charge in [-0.05, 0) is 19.3 Å². The Bertz CT molecular complexity index is 543. The Morgan fingerprint density at radius 1 is 1.47 bits per heavy atom. The molecule has 5 nitrogen and oxygen atoms in total. The highest BCUT2D eigenvalue weighted by molar-refractivity contribution is 5.22. The van der Waals surface area contributed by atoms with Crippen molar-refractivity contribution in [3.8, 4) is 6.07 Å². The molecular formula is C10H11N3O2. The summed E-state index contributed by atoms with van der Waals surface area (Å²) in [5, 5.41) is 8.75. The van der Waals surface area contributed by atoms with Gasteiger partial charge in [-0.1, -0.05) is 0 Å². The maximum Gasteiger partial charge on any atom is 0.331 e.